The molecule has 3 heterocycles. The van der Waals surface area contributed by atoms with E-state index in [-0.39, 0.29) is 6.10 Å². The SMILES string of the molecule is Cc1nc(C2CC(O)C2)cc(N2CCN(Cc3cccnc3)CC2)n1. The topological polar surface area (TPSA) is 65.4 Å². The van der Waals surface area contributed by atoms with Crippen LogP contribution >= 0.6 is 0 Å². The molecule has 1 aliphatic heterocycles. The molecule has 4 rings (SSSR count). The highest BCUT2D eigenvalue weighted by Crippen LogP contribution is 2.36. The van der Waals surface area contributed by atoms with E-state index in [0.717, 1.165) is 62.9 Å². The third kappa shape index (κ3) is 3.80. The Morgan fingerprint density at radius 3 is 2.64 bits per heavy atom. The molecule has 0 atom stereocenters. The first-order valence-electron chi connectivity index (χ1n) is 9.07. The summed E-state index contributed by atoms with van der Waals surface area (Å²) in [4.78, 5) is 18.3. The minimum absolute atomic E-state index is 0.153. The van der Waals surface area contributed by atoms with Crippen molar-refractivity contribution >= 4 is 5.82 Å². The van der Waals surface area contributed by atoms with E-state index in [1.165, 1.54) is 5.56 Å². The molecule has 2 aromatic rings. The monoisotopic (exact) mass is 339 g/mol. The van der Waals surface area contributed by atoms with Crippen LogP contribution in [0.2, 0.25) is 0 Å². The summed E-state index contributed by atoms with van der Waals surface area (Å²) in [5, 5.41) is 9.55. The van der Waals surface area contributed by atoms with Crippen molar-refractivity contribution < 1.29 is 5.11 Å². The average molecular weight is 339 g/mol. The lowest BCUT2D eigenvalue weighted by Gasteiger charge is -2.36. The van der Waals surface area contributed by atoms with Gasteiger partial charge >= 0.3 is 0 Å². The van der Waals surface area contributed by atoms with E-state index in [1.807, 2.05) is 25.4 Å². The molecule has 25 heavy (non-hydrogen) atoms. The van der Waals surface area contributed by atoms with Crippen LogP contribution in [0.1, 0.15) is 35.8 Å². The molecule has 1 aliphatic carbocycles. The zero-order valence-electron chi connectivity index (χ0n) is 14.7. The van der Waals surface area contributed by atoms with Gasteiger partial charge in [-0.1, -0.05) is 6.07 Å². The maximum atomic E-state index is 9.55. The molecule has 0 radical (unpaired) electrons. The maximum absolute atomic E-state index is 9.55. The van der Waals surface area contributed by atoms with Crippen molar-refractivity contribution in [2.75, 3.05) is 31.1 Å². The van der Waals surface area contributed by atoms with Crippen LogP contribution in [0.3, 0.4) is 0 Å². The van der Waals surface area contributed by atoms with Crippen LogP contribution in [-0.2, 0) is 6.54 Å². The summed E-state index contributed by atoms with van der Waals surface area (Å²) in [5.41, 5.74) is 2.35. The van der Waals surface area contributed by atoms with Crippen molar-refractivity contribution in [3.05, 3.63) is 47.7 Å². The van der Waals surface area contributed by atoms with E-state index < -0.39 is 0 Å². The number of aliphatic hydroxyl groups excluding tert-OH is 1. The van der Waals surface area contributed by atoms with Crippen molar-refractivity contribution in [3.8, 4) is 0 Å². The van der Waals surface area contributed by atoms with Gasteiger partial charge in [0.2, 0.25) is 0 Å². The first-order valence-corrected chi connectivity index (χ1v) is 9.07. The van der Waals surface area contributed by atoms with E-state index in [9.17, 15) is 5.11 Å². The van der Waals surface area contributed by atoms with Crippen molar-refractivity contribution in [3.63, 3.8) is 0 Å². The minimum atomic E-state index is -0.153. The fourth-order valence-corrected chi connectivity index (χ4v) is 3.66. The Balaban J connectivity index is 1.39. The van der Waals surface area contributed by atoms with Crippen molar-refractivity contribution in [2.24, 2.45) is 0 Å². The van der Waals surface area contributed by atoms with E-state index in [2.05, 4.69) is 36.9 Å². The summed E-state index contributed by atoms with van der Waals surface area (Å²) >= 11 is 0. The maximum Gasteiger partial charge on any atom is 0.132 e. The molecule has 0 bridgehead atoms. The summed E-state index contributed by atoms with van der Waals surface area (Å²) in [5.74, 6) is 2.25. The van der Waals surface area contributed by atoms with Gasteiger partial charge in [-0.25, -0.2) is 9.97 Å². The lowest BCUT2D eigenvalue weighted by molar-refractivity contribution is 0.0731. The highest BCUT2D eigenvalue weighted by atomic mass is 16.3. The zero-order chi connectivity index (χ0) is 17.2. The number of aryl methyl sites for hydroxylation is 1. The Hall–Kier alpha value is -2.05. The summed E-state index contributed by atoms with van der Waals surface area (Å²) in [6.45, 7) is 6.91. The quantitative estimate of drug-likeness (QED) is 0.915. The highest BCUT2D eigenvalue weighted by Gasteiger charge is 2.30. The number of hydrogen-bond acceptors (Lipinski definition) is 6. The number of anilines is 1. The molecule has 2 aromatic heterocycles. The Labute approximate surface area is 148 Å². The second-order valence-corrected chi connectivity index (χ2v) is 7.14. The standard InChI is InChI=1S/C19H25N5O/c1-14-21-18(16-9-17(25)10-16)11-19(22-14)24-7-5-23(6-8-24)13-15-3-2-4-20-12-15/h2-4,11-12,16-17,25H,5-10,13H2,1H3. The van der Waals surface area contributed by atoms with Crippen LogP contribution in [0.4, 0.5) is 5.82 Å². The lowest BCUT2D eigenvalue weighted by atomic mass is 9.80. The Kier molecular flexibility index (Phi) is 4.63. The molecule has 0 aromatic carbocycles. The van der Waals surface area contributed by atoms with Crippen molar-refractivity contribution in [2.45, 2.75) is 38.3 Å². The van der Waals surface area contributed by atoms with Crippen LogP contribution in [-0.4, -0.2) is 57.2 Å². The van der Waals surface area contributed by atoms with Gasteiger partial charge in [-0.05, 0) is 31.4 Å². The number of aromatic nitrogens is 3. The first kappa shape index (κ1) is 16.4. The van der Waals surface area contributed by atoms with Crippen molar-refractivity contribution in [1.82, 2.24) is 19.9 Å². The lowest BCUT2D eigenvalue weighted by Crippen LogP contribution is -2.46. The molecule has 6 nitrogen and oxygen atoms in total. The molecule has 132 valence electrons. The van der Waals surface area contributed by atoms with Crippen LogP contribution in [0.25, 0.3) is 0 Å². The Morgan fingerprint density at radius 2 is 1.96 bits per heavy atom. The molecule has 2 aliphatic rings. The number of nitrogens with zero attached hydrogens (tertiary/aromatic N) is 5. The van der Waals surface area contributed by atoms with Gasteiger partial charge in [-0.3, -0.25) is 9.88 Å². The average Bonchev–Trinajstić information content (AvgIpc) is 2.60. The highest BCUT2D eigenvalue weighted by molar-refractivity contribution is 5.41. The number of aliphatic hydroxyl groups is 1. The Bertz CT molecular complexity index is 709. The number of piperazine rings is 1. The van der Waals surface area contributed by atoms with Gasteiger partial charge in [-0.2, -0.15) is 0 Å². The molecular formula is C19H25N5O. The van der Waals surface area contributed by atoms with Gasteiger partial charge in [0.25, 0.3) is 0 Å². The minimum Gasteiger partial charge on any atom is -0.393 e. The second-order valence-electron chi connectivity index (χ2n) is 7.14. The molecule has 6 heteroatoms. The summed E-state index contributed by atoms with van der Waals surface area (Å²) in [7, 11) is 0. The van der Waals surface area contributed by atoms with E-state index in [4.69, 9.17) is 0 Å². The number of rotatable bonds is 4. The third-order valence-corrected chi connectivity index (χ3v) is 5.20. The fraction of sp³-hybridized carbons (Fsp3) is 0.526. The predicted octanol–water partition coefficient (Wildman–Crippen LogP) is 1.74. The molecule has 1 saturated heterocycles. The number of hydrogen-bond donors (Lipinski definition) is 1. The van der Waals surface area contributed by atoms with Crippen LogP contribution in [0.15, 0.2) is 30.6 Å². The number of pyridine rings is 1. The molecular weight excluding hydrogens is 314 g/mol. The predicted molar refractivity (Wildman–Crippen MR) is 96.5 cm³/mol. The smallest absolute Gasteiger partial charge is 0.132 e. The van der Waals surface area contributed by atoms with Gasteiger partial charge in [-0.15, -0.1) is 0 Å². The first-order chi connectivity index (χ1) is 12.2. The van der Waals surface area contributed by atoms with E-state index in [1.54, 1.807) is 0 Å². The fourth-order valence-electron chi connectivity index (χ4n) is 3.66. The molecule has 2 fully saturated rings. The Morgan fingerprint density at radius 1 is 1.16 bits per heavy atom. The largest absolute Gasteiger partial charge is 0.393 e. The van der Waals surface area contributed by atoms with Gasteiger partial charge < -0.3 is 10.0 Å². The van der Waals surface area contributed by atoms with Crippen molar-refractivity contribution in [1.29, 1.82) is 0 Å². The molecule has 0 spiro atoms. The molecule has 0 unspecified atom stereocenters. The molecule has 1 saturated carbocycles. The van der Waals surface area contributed by atoms with Gasteiger partial charge in [0.1, 0.15) is 11.6 Å². The van der Waals surface area contributed by atoms with Crippen LogP contribution in [0.5, 0.6) is 0 Å². The van der Waals surface area contributed by atoms with Gasteiger partial charge in [0, 0.05) is 62.8 Å². The molecule has 1 N–H and O–H groups in total. The summed E-state index contributed by atoms with van der Waals surface area (Å²) in [6.07, 6.45) is 5.26. The normalized spacial score (nSPS) is 24.2. The van der Waals surface area contributed by atoms with Crippen LogP contribution < -0.4 is 4.90 Å². The van der Waals surface area contributed by atoms with E-state index >= 15 is 0 Å². The van der Waals surface area contributed by atoms with Gasteiger partial charge in [0.05, 0.1) is 6.10 Å². The zero-order valence-corrected chi connectivity index (χ0v) is 14.7. The summed E-state index contributed by atoms with van der Waals surface area (Å²) in [6, 6.07) is 6.25. The third-order valence-electron chi connectivity index (χ3n) is 5.20. The van der Waals surface area contributed by atoms with Gasteiger partial charge in [0.15, 0.2) is 0 Å². The summed E-state index contributed by atoms with van der Waals surface area (Å²) < 4.78 is 0. The molecule has 0 amide bonds. The van der Waals surface area contributed by atoms with E-state index in [0.29, 0.717) is 5.92 Å². The van der Waals surface area contributed by atoms with Crippen LogP contribution in [0, 0.1) is 6.92 Å². The second kappa shape index (κ2) is 7.06.